The van der Waals surface area contributed by atoms with E-state index in [1.165, 1.54) is 10.4 Å². The van der Waals surface area contributed by atoms with Crippen molar-refractivity contribution in [1.29, 1.82) is 0 Å². The Hall–Kier alpha value is -1.81. The fourth-order valence-corrected chi connectivity index (χ4v) is 4.75. The summed E-state index contributed by atoms with van der Waals surface area (Å²) >= 11 is 1.82. The van der Waals surface area contributed by atoms with Gasteiger partial charge in [0.15, 0.2) is 0 Å². The minimum absolute atomic E-state index is 0.0564. The molecule has 2 aromatic rings. The van der Waals surface area contributed by atoms with Crippen LogP contribution in [0.25, 0.3) is 0 Å². The molecular formula is C19H21NO2S. The van der Waals surface area contributed by atoms with E-state index in [4.69, 9.17) is 4.74 Å². The van der Waals surface area contributed by atoms with Crippen molar-refractivity contribution in [3.63, 3.8) is 0 Å². The van der Waals surface area contributed by atoms with Gasteiger partial charge in [-0.1, -0.05) is 25.1 Å². The summed E-state index contributed by atoms with van der Waals surface area (Å²) in [7, 11) is 0. The lowest BCUT2D eigenvalue weighted by molar-refractivity contribution is -0.140. The van der Waals surface area contributed by atoms with E-state index in [9.17, 15) is 4.79 Å². The highest BCUT2D eigenvalue weighted by atomic mass is 32.1. The molecule has 4 rings (SSSR count). The zero-order valence-corrected chi connectivity index (χ0v) is 14.1. The van der Waals surface area contributed by atoms with Crippen LogP contribution in [0.2, 0.25) is 0 Å². The first-order chi connectivity index (χ1) is 11.3. The van der Waals surface area contributed by atoms with Crippen LogP contribution < -0.4 is 4.74 Å². The number of rotatable bonds is 2. The van der Waals surface area contributed by atoms with Crippen LogP contribution in [-0.4, -0.2) is 24.0 Å². The molecule has 0 spiro atoms. The maximum absolute atomic E-state index is 13.1. The quantitative estimate of drug-likeness (QED) is 0.839. The molecule has 0 aliphatic carbocycles. The summed E-state index contributed by atoms with van der Waals surface area (Å²) < 4.78 is 5.83. The molecule has 3 nitrogen and oxygen atoms in total. The van der Waals surface area contributed by atoms with Crippen molar-refractivity contribution in [2.24, 2.45) is 5.92 Å². The van der Waals surface area contributed by atoms with Crippen LogP contribution >= 0.6 is 11.3 Å². The molecule has 4 heteroatoms. The Morgan fingerprint density at radius 3 is 3.09 bits per heavy atom. The molecule has 0 N–H and O–H groups in total. The third-order valence-corrected chi connectivity index (χ3v) is 5.99. The van der Waals surface area contributed by atoms with Gasteiger partial charge in [0, 0.05) is 11.4 Å². The Bertz CT molecular complexity index is 724. The summed E-state index contributed by atoms with van der Waals surface area (Å²) in [6.07, 6.45) is 2.75. The van der Waals surface area contributed by atoms with Gasteiger partial charge in [0.1, 0.15) is 12.4 Å². The molecule has 2 unspecified atom stereocenters. The van der Waals surface area contributed by atoms with Crippen LogP contribution in [0.5, 0.6) is 5.75 Å². The van der Waals surface area contributed by atoms with E-state index < -0.39 is 0 Å². The van der Waals surface area contributed by atoms with Crippen LogP contribution in [0.3, 0.4) is 0 Å². The highest BCUT2D eigenvalue weighted by Gasteiger charge is 2.35. The van der Waals surface area contributed by atoms with E-state index in [2.05, 4.69) is 29.3 Å². The van der Waals surface area contributed by atoms with E-state index in [0.717, 1.165) is 37.1 Å². The van der Waals surface area contributed by atoms with Gasteiger partial charge in [0.2, 0.25) is 5.91 Å². The van der Waals surface area contributed by atoms with Crippen molar-refractivity contribution in [1.82, 2.24) is 4.90 Å². The summed E-state index contributed by atoms with van der Waals surface area (Å²) in [5, 5.41) is 2.15. The number of carbonyl (C=O) groups excluding carboxylic acids is 1. The molecular weight excluding hydrogens is 306 g/mol. The fourth-order valence-electron chi connectivity index (χ4n) is 3.82. The Kier molecular flexibility index (Phi) is 3.85. The van der Waals surface area contributed by atoms with Gasteiger partial charge in [0.05, 0.1) is 12.0 Å². The monoisotopic (exact) mass is 327 g/mol. The number of para-hydroxylation sites is 1. The number of hydrogen-bond acceptors (Lipinski definition) is 3. The Balaban J connectivity index is 1.56. The van der Waals surface area contributed by atoms with Gasteiger partial charge in [-0.2, -0.15) is 0 Å². The zero-order chi connectivity index (χ0) is 15.8. The van der Waals surface area contributed by atoms with Gasteiger partial charge < -0.3 is 9.64 Å². The number of fused-ring (bicyclic) bond motifs is 2. The molecule has 0 fully saturated rings. The summed E-state index contributed by atoms with van der Waals surface area (Å²) in [6, 6.07) is 10.5. The van der Waals surface area contributed by atoms with E-state index in [1.807, 2.05) is 29.5 Å². The Morgan fingerprint density at radius 2 is 2.22 bits per heavy atom. The molecule has 120 valence electrons. The van der Waals surface area contributed by atoms with Crippen LogP contribution in [0.15, 0.2) is 35.7 Å². The first kappa shape index (κ1) is 14.8. The SMILES string of the molecule is CCC1c2ccsc2CCN1C(=O)C1COc2ccccc2C1. The molecule has 0 saturated carbocycles. The van der Waals surface area contributed by atoms with Crippen LogP contribution in [0.4, 0.5) is 0 Å². The summed E-state index contributed by atoms with van der Waals surface area (Å²) in [5.74, 6) is 1.13. The van der Waals surface area contributed by atoms with Crippen molar-refractivity contribution in [2.75, 3.05) is 13.2 Å². The van der Waals surface area contributed by atoms with Crippen molar-refractivity contribution in [2.45, 2.75) is 32.2 Å². The van der Waals surface area contributed by atoms with Crippen molar-refractivity contribution >= 4 is 17.2 Å². The first-order valence-electron chi connectivity index (χ1n) is 8.35. The van der Waals surface area contributed by atoms with Gasteiger partial charge in [-0.25, -0.2) is 0 Å². The number of hydrogen-bond donors (Lipinski definition) is 0. The highest BCUT2D eigenvalue weighted by Crippen LogP contribution is 2.37. The average Bonchev–Trinajstić information content (AvgIpc) is 3.08. The van der Waals surface area contributed by atoms with Gasteiger partial charge in [0.25, 0.3) is 0 Å². The molecule has 1 aromatic heterocycles. The van der Waals surface area contributed by atoms with Gasteiger partial charge in [-0.15, -0.1) is 11.3 Å². The number of ether oxygens (including phenoxy) is 1. The summed E-state index contributed by atoms with van der Waals surface area (Å²) in [5.41, 5.74) is 2.51. The fraction of sp³-hybridized carbons (Fsp3) is 0.421. The smallest absolute Gasteiger partial charge is 0.229 e. The number of thiophene rings is 1. The molecule has 0 radical (unpaired) electrons. The Morgan fingerprint density at radius 1 is 1.35 bits per heavy atom. The van der Waals surface area contributed by atoms with Crippen LogP contribution in [-0.2, 0) is 17.6 Å². The standard InChI is InChI=1S/C19H21NO2S/c1-2-16-15-8-10-23-18(15)7-9-20(16)19(21)14-11-13-5-3-4-6-17(13)22-12-14/h3-6,8,10,14,16H,2,7,9,11-12H2,1H3. The van der Waals surface area contributed by atoms with E-state index in [0.29, 0.717) is 6.61 Å². The topological polar surface area (TPSA) is 29.5 Å². The molecule has 0 bridgehead atoms. The summed E-state index contributed by atoms with van der Waals surface area (Å²) in [4.78, 5) is 16.7. The minimum Gasteiger partial charge on any atom is -0.492 e. The molecule has 2 aliphatic rings. The molecule has 2 atom stereocenters. The second-order valence-electron chi connectivity index (χ2n) is 6.32. The van der Waals surface area contributed by atoms with Crippen LogP contribution in [0.1, 0.15) is 35.4 Å². The number of carbonyl (C=O) groups is 1. The molecule has 23 heavy (non-hydrogen) atoms. The normalized spacial score (nSPS) is 22.9. The van der Waals surface area contributed by atoms with Crippen LogP contribution in [0, 0.1) is 5.92 Å². The second-order valence-corrected chi connectivity index (χ2v) is 7.33. The number of benzene rings is 1. The largest absolute Gasteiger partial charge is 0.492 e. The average molecular weight is 327 g/mol. The zero-order valence-electron chi connectivity index (χ0n) is 13.3. The minimum atomic E-state index is -0.0564. The van der Waals surface area contributed by atoms with Crippen molar-refractivity contribution < 1.29 is 9.53 Å². The molecule has 1 aromatic carbocycles. The van der Waals surface area contributed by atoms with Crippen molar-refractivity contribution in [3.05, 3.63) is 51.7 Å². The predicted molar refractivity (Wildman–Crippen MR) is 91.9 cm³/mol. The lowest BCUT2D eigenvalue weighted by atomic mass is 9.92. The second kappa shape index (κ2) is 6.00. The van der Waals surface area contributed by atoms with E-state index in [-0.39, 0.29) is 17.9 Å². The first-order valence-corrected chi connectivity index (χ1v) is 9.23. The van der Waals surface area contributed by atoms with Gasteiger partial charge in [-0.05, 0) is 47.9 Å². The Labute approximate surface area is 140 Å². The number of nitrogens with zero attached hydrogens (tertiary/aromatic N) is 1. The maximum atomic E-state index is 13.1. The maximum Gasteiger partial charge on any atom is 0.229 e. The number of amides is 1. The van der Waals surface area contributed by atoms with Gasteiger partial charge >= 0.3 is 0 Å². The third kappa shape index (κ3) is 2.55. The molecule has 0 saturated heterocycles. The highest BCUT2D eigenvalue weighted by molar-refractivity contribution is 7.10. The van der Waals surface area contributed by atoms with Gasteiger partial charge in [-0.3, -0.25) is 4.79 Å². The van der Waals surface area contributed by atoms with Crippen molar-refractivity contribution in [3.8, 4) is 5.75 Å². The third-order valence-electron chi connectivity index (χ3n) is 4.99. The predicted octanol–water partition coefficient (Wildman–Crippen LogP) is 3.84. The van der Waals surface area contributed by atoms with E-state index >= 15 is 0 Å². The lowest BCUT2D eigenvalue weighted by Gasteiger charge is -2.38. The summed E-state index contributed by atoms with van der Waals surface area (Å²) in [6.45, 7) is 3.51. The molecule has 3 heterocycles. The molecule has 1 amide bonds. The lowest BCUT2D eigenvalue weighted by Crippen LogP contribution is -2.45. The molecule has 2 aliphatic heterocycles. The van der Waals surface area contributed by atoms with E-state index in [1.54, 1.807) is 0 Å².